The summed E-state index contributed by atoms with van der Waals surface area (Å²) in [6.45, 7) is 3.58. The molecule has 0 bridgehead atoms. The van der Waals surface area contributed by atoms with E-state index >= 15 is 0 Å². The molecular weight excluding hydrogens is 188 g/mol. The van der Waals surface area contributed by atoms with Gasteiger partial charge in [-0.2, -0.15) is 0 Å². The van der Waals surface area contributed by atoms with Crippen LogP contribution >= 0.6 is 0 Å². The summed E-state index contributed by atoms with van der Waals surface area (Å²) in [5, 5.41) is 7.14. The van der Waals surface area contributed by atoms with E-state index in [4.69, 9.17) is 11.1 Å². The molecule has 0 spiro atoms. The topological polar surface area (TPSA) is 66.0 Å². The monoisotopic (exact) mass is 206 g/mol. The number of aryl methyl sites for hydroxylation is 1. The molecule has 15 heavy (non-hydrogen) atoms. The van der Waals surface area contributed by atoms with Gasteiger partial charge in [-0.3, -0.25) is 10.4 Å². The second-order valence-corrected chi connectivity index (χ2v) is 3.78. The van der Waals surface area contributed by atoms with E-state index in [-0.39, 0.29) is 5.84 Å². The number of nitrogens with zero attached hydrogens (tertiary/aromatic N) is 2. The van der Waals surface area contributed by atoms with E-state index < -0.39 is 0 Å². The average Bonchev–Trinajstić information content (AvgIpc) is 2.15. The van der Waals surface area contributed by atoms with Gasteiger partial charge in [0.05, 0.1) is 11.5 Å². The summed E-state index contributed by atoms with van der Waals surface area (Å²) in [4.78, 5) is 6.53. The van der Waals surface area contributed by atoms with E-state index in [1.165, 1.54) is 0 Å². The van der Waals surface area contributed by atoms with Crippen molar-refractivity contribution >= 4 is 5.84 Å². The van der Waals surface area contributed by atoms with Gasteiger partial charge >= 0.3 is 0 Å². The summed E-state index contributed by atoms with van der Waals surface area (Å²) < 4.78 is 0. The molecule has 0 saturated heterocycles. The van der Waals surface area contributed by atoms with E-state index in [1.54, 1.807) is 0 Å². The molecule has 4 nitrogen and oxygen atoms in total. The van der Waals surface area contributed by atoms with Crippen LogP contribution in [0, 0.1) is 12.3 Å². The second-order valence-electron chi connectivity index (χ2n) is 3.78. The van der Waals surface area contributed by atoms with Crippen molar-refractivity contribution in [2.75, 3.05) is 13.6 Å². The lowest BCUT2D eigenvalue weighted by Crippen LogP contribution is -2.24. The molecule has 0 fully saturated rings. The van der Waals surface area contributed by atoms with Gasteiger partial charge < -0.3 is 10.6 Å². The van der Waals surface area contributed by atoms with Crippen LogP contribution in [0.15, 0.2) is 18.2 Å². The van der Waals surface area contributed by atoms with Crippen molar-refractivity contribution in [3.8, 4) is 0 Å². The zero-order valence-corrected chi connectivity index (χ0v) is 9.33. The number of aromatic nitrogens is 1. The highest BCUT2D eigenvalue weighted by Crippen LogP contribution is 2.01. The van der Waals surface area contributed by atoms with Gasteiger partial charge in [-0.05, 0) is 26.1 Å². The van der Waals surface area contributed by atoms with E-state index in [9.17, 15) is 0 Å². The number of hydrogen-bond acceptors (Lipinski definition) is 3. The summed E-state index contributed by atoms with van der Waals surface area (Å²) >= 11 is 0. The predicted molar refractivity (Wildman–Crippen MR) is 61.8 cm³/mol. The maximum atomic E-state index is 7.14. The molecule has 0 saturated carbocycles. The van der Waals surface area contributed by atoms with E-state index in [2.05, 4.69) is 9.88 Å². The Morgan fingerprint density at radius 2 is 2.27 bits per heavy atom. The Labute approximate surface area is 90.6 Å². The van der Waals surface area contributed by atoms with Gasteiger partial charge in [0.15, 0.2) is 0 Å². The highest BCUT2D eigenvalue weighted by Gasteiger charge is 2.02. The molecule has 0 unspecified atom stereocenters. The number of hydrogen-bond donors (Lipinski definition) is 2. The predicted octanol–water partition coefficient (Wildman–Crippen LogP) is 1.15. The Balaban J connectivity index is 2.44. The van der Waals surface area contributed by atoms with Gasteiger partial charge in [0.1, 0.15) is 0 Å². The number of nitrogens with two attached hydrogens (primary N) is 1. The van der Waals surface area contributed by atoms with Crippen LogP contribution in [-0.4, -0.2) is 29.3 Å². The first-order chi connectivity index (χ1) is 7.08. The molecule has 1 aromatic rings. The zero-order valence-electron chi connectivity index (χ0n) is 9.33. The van der Waals surface area contributed by atoms with Gasteiger partial charge in [-0.25, -0.2) is 0 Å². The molecule has 0 aromatic carbocycles. The van der Waals surface area contributed by atoms with Crippen LogP contribution in [0.25, 0.3) is 0 Å². The highest BCUT2D eigenvalue weighted by atomic mass is 15.1. The molecule has 82 valence electrons. The lowest BCUT2D eigenvalue weighted by Gasteiger charge is -2.15. The third-order valence-electron chi connectivity index (χ3n) is 2.14. The molecule has 1 heterocycles. The first kappa shape index (κ1) is 11.7. The summed E-state index contributed by atoms with van der Waals surface area (Å²) in [6, 6.07) is 6.01. The third kappa shape index (κ3) is 4.56. The third-order valence-corrected chi connectivity index (χ3v) is 2.14. The first-order valence-corrected chi connectivity index (χ1v) is 5.02. The normalized spacial score (nSPS) is 10.6. The van der Waals surface area contributed by atoms with Crippen molar-refractivity contribution in [1.82, 2.24) is 9.88 Å². The van der Waals surface area contributed by atoms with Gasteiger partial charge in [0.25, 0.3) is 0 Å². The minimum Gasteiger partial charge on any atom is -0.388 e. The Bertz CT molecular complexity index is 335. The smallest absolute Gasteiger partial charge is 0.0918 e. The standard InChI is InChI=1S/C11H18N4/c1-9-4-3-5-10(14-9)8-15(2)7-6-11(12)13/h3-5H,6-8H2,1-2H3,(H3,12,13). The van der Waals surface area contributed by atoms with Crippen molar-refractivity contribution in [2.45, 2.75) is 19.9 Å². The minimum absolute atomic E-state index is 0.235. The Kier molecular flexibility index (Phi) is 4.24. The van der Waals surface area contributed by atoms with Gasteiger partial charge in [-0.15, -0.1) is 0 Å². The molecule has 4 heteroatoms. The number of amidine groups is 1. The van der Waals surface area contributed by atoms with E-state index in [0.717, 1.165) is 24.5 Å². The van der Waals surface area contributed by atoms with Crippen LogP contribution in [0.3, 0.4) is 0 Å². The maximum absolute atomic E-state index is 7.14. The number of nitrogens with one attached hydrogen (secondary N) is 1. The number of rotatable bonds is 5. The Morgan fingerprint density at radius 3 is 2.87 bits per heavy atom. The fraction of sp³-hybridized carbons (Fsp3) is 0.455. The summed E-state index contributed by atoms with van der Waals surface area (Å²) in [5.41, 5.74) is 7.39. The molecule has 0 radical (unpaired) electrons. The molecular formula is C11H18N4. The van der Waals surface area contributed by atoms with Crippen molar-refractivity contribution in [1.29, 1.82) is 5.41 Å². The maximum Gasteiger partial charge on any atom is 0.0918 e. The molecule has 1 aromatic heterocycles. The van der Waals surface area contributed by atoms with Gasteiger partial charge in [0, 0.05) is 25.2 Å². The Hall–Kier alpha value is -1.42. The zero-order chi connectivity index (χ0) is 11.3. The van der Waals surface area contributed by atoms with Gasteiger partial charge in [-0.1, -0.05) is 6.07 Å². The quantitative estimate of drug-likeness (QED) is 0.561. The highest BCUT2D eigenvalue weighted by molar-refractivity contribution is 5.76. The SMILES string of the molecule is Cc1cccc(CN(C)CCC(=N)N)n1. The van der Waals surface area contributed by atoms with E-state index in [1.807, 2.05) is 32.2 Å². The number of pyridine rings is 1. The lowest BCUT2D eigenvalue weighted by atomic mass is 10.3. The molecule has 0 aliphatic carbocycles. The molecule has 0 aliphatic heterocycles. The fourth-order valence-electron chi connectivity index (χ4n) is 1.35. The molecule has 0 atom stereocenters. The van der Waals surface area contributed by atoms with Crippen LogP contribution in [0.5, 0.6) is 0 Å². The van der Waals surface area contributed by atoms with Crippen LogP contribution < -0.4 is 5.73 Å². The molecule has 0 amide bonds. The minimum atomic E-state index is 0.235. The van der Waals surface area contributed by atoms with E-state index in [0.29, 0.717) is 6.42 Å². The van der Waals surface area contributed by atoms with Crippen LogP contribution in [0.1, 0.15) is 17.8 Å². The fourth-order valence-corrected chi connectivity index (χ4v) is 1.35. The second kappa shape index (κ2) is 5.46. The van der Waals surface area contributed by atoms with Crippen LogP contribution in [0.4, 0.5) is 0 Å². The average molecular weight is 206 g/mol. The van der Waals surface area contributed by atoms with Crippen molar-refractivity contribution in [3.05, 3.63) is 29.6 Å². The van der Waals surface area contributed by atoms with Crippen LogP contribution in [-0.2, 0) is 6.54 Å². The van der Waals surface area contributed by atoms with Gasteiger partial charge in [0.2, 0.25) is 0 Å². The molecule has 0 aliphatic rings. The lowest BCUT2D eigenvalue weighted by molar-refractivity contribution is 0.332. The summed E-state index contributed by atoms with van der Waals surface area (Å²) in [6.07, 6.45) is 0.613. The molecule has 3 N–H and O–H groups in total. The van der Waals surface area contributed by atoms with Crippen LogP contribution in [0.2, 0.25) is 0 Å². The van der Waals surface area contributed by atoms with Crippen molar-refractivity contribution in [2.24, 2.45) is 5.73 Å². The van der Waals surface area contributed by atoms with Crippen molar-refractivity contribution < 1.29 is 0 Å². The Morgan fingerprint density at radius 1 is 1.53 bits per heavy atom. The molecule has 1 rings (SSSR count). The van der Waals surface area contributed by atoms with Crippen molar-refractivity contribution in [3.63, 3.8) is 0 Å². The first-order valence-electron chi connectivity index (χ1n) is 5.02. The largest absolute Gasteiger partial charge is 0.388 e. The summed E-state index contributed by atoms with van der Waals surface area (Å²) in [5.74, 6) is 0.235. The summed E-state index contributed by atoms with van der Waals surface area (Å²) in [7, 11) is 2.01.